The Labute approximate surface area is 621 Å². The number of carbonyl (C=O) groups is 10. The molecule has 5 rings (SSSR count). The number of ketones is 1. The lowest BCUT2D eigenvalue weighted by molar-refractivity contribution is -0.143. The first kappa shape index (κ1) is 86.6. The van der Waals surface area contributed by atoms with E-state index in [4.69, 9.17) is 63.6 Å². The van der Waals surface area contributed by atoms with Gasteiger partial charge < -0.3 is 59.6 Å². The number of likely N-dealkylation sites (tertiary alicyclic amines) is 1. The van der Waals surface area contributed by atoms with Gasteiger partial charge in [0.25, 0.3) is 14.2 Å². The van der Waals surface area contributed by atoms with Crippen molar-refractivity contribution in [2.75, 3.05) is 26.2 Å². The summed E-state index contributed by atoms with van der Waals surface area (Å²) in [6, 6.07) is 15.5. The summed E-state index contributed by atoms with van der Waals surface area (Å²) in [5, 5.41) is 23.3. The summed E-state index contributed by atoms with van der Waals surface area (Å²) in [4.78, 5) is 142. The van der Waals surface area contributed by atoms with Crippen LogP contribution in [-0.2, 0) is 67.3 Å². The monoisotopic (exact) mass is 1550 g/mol. The zero-order valence-corrected chi connectivity index (χ0v) is 63.1. The Hall–Kier alpha value is -9.07. The van der Waals surface area contributed by atoms with Gasteiger partial charge in [0.2, 0.25) is 68.1 Å². The van der Waals surface area contributed by atoms with Crippen LogP contribution in [0.5, 0.6) is 11.5 Å². The fourth-order valence-corrected chi connectivity index (χ4v) is 17.0. The van der Waals surface area contributed by atoms with Crippen LogP contribution in [0.2, 0.25) is 16.6 Å². The Morgan fingerprint density at radius 3 is 1.79 bits per heavy atom. The van der Waals surface area contributed by atoms with E-state index in [9.17, 15) is 69.9 Å². The van der Waals surface area contributed by atoms with E-state index in [0.29, 0.717) is 33.4 Å². The summed E-state index contributed by atoms with van der Waals surface area (Å²) in [6.45, 7) is 17.7. The summed E-state index contributed by atoms with van der Waals surface area (Å²) < 4.78 is 102. The Morgan fingerprint density at radius 1 is 0.686 bits per heavy atom. The number of hydrogen-bond donors (Lipinski definition) is 7. The van der Waals surface area contributed by atoms with Crippen molar-refractivity contribution < 1.29 is 98.0 Å². The highest BCUT2D eigenvalue weighted by atomic mass is 35.6. The molecule has 7 N–H and O–H groups in total. The summed E-state index contributed by atoms with van der Waals surface area (Å²) in [7, 11) is -2.48. The van der Waals surface area contributed by atoms with Gasteiger partial charge in [0.05, 0.1) is 18.6 Å². The number of amides is 8. The van der Waals surface area contributed by atoms with Crippen LogP contribution < -0.4 is 41.1 Å². The zero-order valence-electron chi connectivity index (χ0n) is 59.9. The van der Waals surface area contributed by atoms with E-state index in [1.165, 1.54) is 6.92 Å². The van der Waals surface area contributed by atoms with Crippen LogP contribution in [0.1, 0.15) is 125 Å². The molecule has 574 valence electrons. The van der Waals surface area contributed by atoms with Crippen molar-refractivity contribution in [3.05, 3.63) is 143 Å². The molecule has 25 nitrogen and oxygen atoms in total. The molecule has 1 saturated heterocycles. The molecule has 0 spiro atoms. The number of carbonyl (C=O) groups excluding carboxylic acids is 10. The molecule has 0 unspecified atom stereocenters. The number of ether oxygens (including phenoxy) is 5. The SMILES string of the molecule is CC[C@@H](C)[C@@H](NC(=O)C(=O)[C@H](CCCN(C(=N)NC(=O)OCc1ccccc1)C(=O)OCc1ccccc1)NC(=O)[C@@H]1CCCN1C(=O)[C@H](CNC(=O)OC(C)(C)C)NC(=O)OCC(Cl)(Cl)Cl)C(=O)N[C@H](/C=C/C(=O)Oc1c(F)c(F)c(F)c(F)c1F)Cc1ccc(O[Si](C(C)C)(C(C)C)C(C)C)cc1. The lowest BCUT2D eigenvalue weighted by Gasteiger charge is -2.42. The molecule has 1 aliphatic rings. The Kier molecular flexibility index (Phi) is 32.9. The minimum atomic E-state index is -2.51. The van der Waals surface area contributed by atoms with Gasteiger partial charge in [-0.05, 0) is 104 Å². The normalized spacial score (nSPS) is 14.6. The van der Waals surface area contributed by atoms with Crippen molar-refractivity contribution in [3.63, 3.8) is 0 Å². The maximum Gasteiger partial charge on any atom is 0.416 e. The van der Waals surface area contributed by atoms with E-state index in [2.05, 4.69) is 78.2 Å². The van der Waals surface area contributed by atoms with E-state index in [0.717, 1.165) is 11.0 Å². The number of guanidine groups is 1. The summed E-state index contributed by atoms with van der Waals surface area (Å²) in [5.41, 5.74) is 1.15. The van der Waals surface area contributed by atoms with Gasteiger partial charge in [-0.25, -0.2) is 42.0 Å². The summed E-state index contributed by atoms with van der Waals surface area (Å²) in [5.74, 6) is -22.9. The first-order chi connectivity index (χ1) is 49.3. The molecule has 4 aromatic carbocycles. The van der Waals surface area contributed by atoms with Gasteiger partial charge in [0, 0.05) is 19.2 Å². The van der Waals surface area contributed by atoms with Gasteiger partial charge in [0.1, 0.15) is 49.3 Å². The first-order valence-corrected chi connectivity index (χ1v) is 37.0. The van der Waals surface area contributed by atoms with Crippen LogP contribution in [0.3, 0.4) is 0 Å². The largest absolute Gasteiger partial charge is 0.543 e. The second-order valence-electron chi connectivity index (χ2n) is 26.7. The van der Waals surface area contributed by atoms with Crippen molar-refractivity contribution in [2.45, 2.75) is 184 Å². The van der Waals surface area contributed by atoms with Gasteiger partial charge in [-0.3, -0.25) is 34.7 Å². The summed E-state index contributed by atoms with van der Waals surface area (Å²) >= 11 is 17.4. The molecular weight excluding hydrogens is 1460 g/mol. The topological polar surface area (TPSA) is 329 Å². The fraction of sp³-hybridized carbons (Fsp3) is 0.479. The molecule has 0 radical (unpaired) electrons. The van der Waals surface area contributed by atoms with Gasteiger partial charge in [-0.2, -0.15) is 8.78 Å². The molecular formula is C71H89Cl3F5N9O16Si. The number of alkyl halides is 3. The molecule has 105 heavy (non-hydrogen) atoms. The number of benzene rings is 4. The average molecular weight is 1550 g/mol. The highest BCUT2D eigenvalue weighted by Crippen LogP contribution is 2.43. The molecule has 1 heterocycles. The standard InChI is InChI=1S/C71H89Cl3F5N9O16Si/c1-12-43(8)58(62(92)82-47(29-32-52(89)102-60-56(78)54(76)53(75)55(77)57(60)79)35-44-27-30-48(31-28-44)104-105(40(2)3,41(4)5)42(6)7)85-63(93)59(90)49(25-19-34-88(69(98)100-38-46-23-17-14-18-24-46)65(80)86-68(97)99-37-45-21-15-13-16-22-45)83-61(91)51-26-20-33-87(51)64(94)50(36-81-66(95)103-70(9,10)11)84-67(96)101-39-71(72,73)74/h13-18,21-24,27-32,40-43,47,49-51,58H,12,19-20,25-26,33-39H2,1-11H3,(H,81,95)(H,82,92)(H,83,91)(H,84,96)(H,85,93)(H2,80,86,97)/b32-29+/t43-,47-,49+,50+,51+,58-/m1/s1. The quantitative estimate of drug-likeness (QED) is 0.00194. The van der Waals surface area contributed by atoms with Crippen LogP contribution in [-0.4, -0.2) is 150 Å². The minimum Gasteiger partial charge on any atom is -0.543 e. The van der Waals surface area contributed by atoms with E-state index in [1.54, 1.807) is 113 Å². The number of nitrogens with one attached hydrogen (secondary N) is 7. The number of rotatable bonds is 32. The maximum atomic E-state index is 15.0. The smallest absolute Gasteiger partial charge is 0.416 e. The van der Waals surface area contributed by atoms with E-state index in [-0.39, 0.29) is 62.1 Å². The number of esters is 1. The number of Topliss-reactive ketones (excluding diaryl/α,β-unsaturated/α-hetero) is 1. The van der Waals surface area contributed by atoms with Crippen LogP contribution in [0.25, 0.3) is 0 Å². The molecule has 0 aliphatic carbocycles. The first-order valence-electron chi connectivity index (χ1n) is 33.7. The second-order valence-corrected chi connectivity index (χ2v) is 34.5. The lowest BCUT2D eigenvalue weighted by Crippen LogP contribution is -2.59. The highest BCUT2D eigenvalue weighted by Gasteiger charge is 2.47. The predicted octanol–water partition coefficient (Wildman–Crippen LogP) is 12.0. The predicted molar refractivity (Wildman–Crippen MR) is 381 cm³/mol. The van der Waals surface area contributed by atoms with Crippen LogP contribution in [0.4, 0.5) is 41.1 Å². The number of alkyl carbamates (subject to hydrolysis) is 3. The third-order valence-electron chi connectivity index (χ3n) is 16.8. The van der Waals surface area contributed by atoms with Crippen molar-refractivity contribution in [2.24, 2.45) is 5.92 Å². The van der Waals surface area contributed by atoms with Gasteiger partial charge in [-0.1, -0.05) is 175 Å². The van der Waals surface area contributed by atoms with Gasteiger partial charge in [-0.15, -0.1) is 0 Å². The Balaban J connectivity index is 1.51. The van der Waals surface area contributed by atoms with Gasteiger partial charge in [0.15, 0.2) is 0 Å². The van der Waals surface area contributed by atoms with Gasteiger partial charge >= 0.3 is 30.3 Å². The second kappa shape index (κ2) is 39.9. The van der Waals surface area contributed by atoms with Crippen LogP contribution in [0, 0.1) is 40.4 Å². The molecule has 4 aromatic rings. The van der Waals surface area contributed by atoms with Crippen molar-refractivity contribution in [3.8, 4) is 11.5 Å². The van der Waals surface area contributed by atoms with Crippen molar-refractivity contribution >= 4 is 109 Å². The molecule has 1 fully saturated rings. The molecule has 0 aromatic heterocycles. The number of hydrogen-bond acceptors (Lipinski definition) is 17. The summed E-state index contributed by atoms with van der Waals surface area (Å²) in [6.07, 6.45) is -4.06. The minimum absolute atomic E-state index is 0.0892. The highest BCUT2D eigenvalue weighted by molar-refractivity contribution is 6.78. The third kappa shape index (κ3) is 26.2. The van der Waals surface area contributed by atoms with Crippen molar-refractivity contribution in [1.29, 1.82) is 5.41 Å². The third-order valence-corrected chi connectivity index (χ3v) is 23.2. The zero-order chi connectivity index (χ0) is 78.3. The van der Waals surface area contributed by atoms with Crippen LogP contribution >= 0.6 is 34.8 Å². The molecule has 8 amide bonds. The molecule has 34 heteroatoms. The van der Waals surface area contributed by atoms with Crippen LogP contribution in [0.15, 0.2) is 97.1 Å². The lowest BCUT2D eigenvalue weighted by atomic mass is 9.96. The fourth-order valence-electron chi connectivity index (χ4n) is 11.6. The number of halogens is 8. The Bertz CT molecular complexity index is 3700. The van der Waals surface area contributed by atoms with E-state index in [1.807, 2.05) is 0 Å². The van der Waals surface area contributed by atoms with Crippen molar-refractivity contribution in [1.82, 2.24) is 41.7 Å². The molecule has 0 bridgehead atoms. The number of nitrogens with zero attached hydrogens (tertiary/aromatic N) is 2. The Morgan fingerprint density at radius 2 is 1.25 bits per heavy atom. The van der Waals surface area contributed by atoms with E-state index >= 15 is 0 Å². The molecule has 0 saturated carbocycles. The molecule has 6 atom stereocenters. The molecule has 1 aliphatic heterocycles. The van der Waals surface area contributed by atoms with E-state index < -0.39 is 187 Å². The average Bonchev–Trinajstić information content (AvgIpc) is 1.32. The maximum absolute atomic E-state index is 15.0.